The Bertz CT molecular complexity index is 1700. The summed E-state index contributed by atoms with van der Waals surface area (Å²) in [5.74, 6) is -0.656. The number of phosphoric acid groups is 2. The molecule has 0 amide bonds. The molecule has 516 valence electrons. The van der Waals surface area contributed by atoms with Crippen molar-refractivity contribution in [2.24, 2.45) is 11.8 Å². The molecule has 2 unspecified atom stereocenters. The van der Waals surface area contributed by atoms with Gasteiger partial charge in [0.1, 0.15) is 19.3 Å². The van der Waals surface area contributed by atoms with Gasteiger partial charge in [0.2, 0.25) is 0 Å². The minimum Gasteiger partial charge on any atom is -0.462 e. The maximum Gasteiger partial charge on any atom is 0.472 e. The number of hydrogen-bond acceptors (Lipinski definition) is 15. The van der Waals surface area contributed by atoms with E-state index in [0.29, 0.717) is 31.6 Å². The lowest BCUT2D eigenvalue weighted by Crippen LogP contribution is -2.30. The van der Waals surface area contributed by atoms with E-state index in [9.17, 15) is 43.2 Å². The molecule has 0 aliphatic carbocycles. The highest BCUT2D eigenvalue weighted by Gasteiger charge is 2.30. The van der Waals surface area contributed by atoms with Crippen LogP contribution in [0.2, 0.25) is 0 Å². The monoisotopic (exact) mass is 1280 g/mol. The second-order valence-electron chi connectivity index (χ2n) is 25.5. The number of hydrogen-bond donors (Lipinski definition) is 3. The van der Waals surface area contributed by atoms with Crippen molar-refractivity contribution in [3.63, 3.8) is 0 Å². The number of unbranched alkanes of at least 4 members (excludes halogenated alkanes) is 37. The molecule has 0 saturated heterocycles. The molecule has 0 aliphatic rings. The van der Waals surface area contributed by atoms with Crippen molar-refractivity contribution in [1.29, 1.82) is 0 Å². The Morgan fingerprint density at radius 1 is 0.310 bits per heavy atom. The average molecular weight is 1280 g/mol. The molecule has 0 fully saturated rings. The van der Waals surface area contributed by atoms with Crippen molar-refractivity contribution in [3.8, 4) is 0 Å². The lowest BCUT2D eigenvalue weighted by molar-refractivity contribution is -0.161. The van der Waals surface area contributed by atoms with E-state index in [1.165, 1.54) is 154 Å². The molecule has 3 N–H and O–H groups in total. The van der Waals surface area contributed by atoms with Crippen LogP contribution in [-0.4, -0.2) is 96.7 Å². The van der Waals surface area contributed by atoms with Gasteiger partial charge in [-0.3, -0.25) is 37.3 Å². The van der Waals surface area contributed by atoms with Crippen molar-refractivity contribution < 1.29 is 80.2 Å². The topological polar surface area (TPSA) is 237 Å². The maximum absolute atomic E-state index is 13.0. The van der Waals surface area contributed by atoms with Gasteiger partial charge in [-0.15, -0.1) is 0 Å². The zero-order chi connectivity index (χ0) is 64.3. The smallest absolute Gasteiger partial charge is 0.462 e. The summed E-state index contributed by atoms with van der Waals surface area (Å²) in [4.78, 5) is 72.4. The summed E-state index contributed by atoms with van der Waals surface area (Å²) in [5.41, 5.74) is 0. The molecular weight excluding hydrogens is 1150 g/mol. The fourth-order valence-electron chi connectivity index (χ4n) is 10.2. The van der Waals surface area contributed by atoms with Gasteiger partial charge in [0.25, 0.3) is 0 Å². The summed E-state index contributed by atoms with van der Waals surface area (Å²) in [6.07, 6.45) is 44.4. The molecule has 0 rings (SSSR count). The lowest BCUT2D eigenvalue weighted by Gasteiger charge is -2.21. The number of aliphatic hydroxyl groups is 1. The van der Waals surface area contributed by atoms with E-state index in [4.69, 9.17) is 37.0 Å². The van der Waals surface area contributed by atoms with Crippen molar-refractivity contribution in [1.82, 2.24) is 0 Å². The van der Waals surface area contributed by atoms with Gasteiger partial charge in [-0.05, 0) is 37.5 Å². The van der Waals surface area contributed by atoms with Crippen molar-refractivity contribution >= 4 is 39.5 Å². The van der Waals surface area contributed by atoms with Crippen LogP contribution >= 0.6 is 15.6 Å². The van der Waals surface area contributed by atoms with Gasteiger partial charge in [0.05, 0.1) is 26.4 Å². The van der Waals surface area contributed by atoms with Gasteiger partial charge >= 0.3 is 39.5 Å². The minimum atomic E-state index is -4.95. The van der Waals surface area contributed by atoms with Crippen LogP contribution in [0.5, 0.6) is 0 Å². The first-order valence-corrected chi connectivity index (χ1v) is 38.5. The first kappa shape index (κ1) is 85.1. The quantitative estimate of drug-likeness (QED) is 0.0222. The van der Waals surface area contributed by atoms with Gasteiger partial charge in [-0.1, -0.05) is 292 Å². The highest BCUT2D eigenvalue weighted by molar-refractivity contribution is 7.47. The molecular formula is C68H132O17P2. The molecule has 19 heteroatoms. The number of carbonyl (C=O) groups excluding carboxylic acids is 4. The number of aliphatic hydroxyl groups excluding tert-OH is 1. The number of phosphoric ester groups is 2. The Balaban J connectivity index is 5.25. The third-order valence-corrected chi connectivity index (χ3v) is 17.6. The molecule has 0 spiro atoms. The third-order valence-electron chi connectivity index (χ3n) is 15.7. The van der Waals surface area contributed by atoms with E-state index >= 15 is 0 Å². The molecule has 0 aromatic heterocycles. The molecule has 0 aromatic carbocycles. The van der Waals surface area contributed by atoms with Crippen LogP contribution in [0, 0.1) is 11.8 Å². The van der Waals surface area contributed by atoms with E-state index < -0.39 is 97.5 Å². The molecule has 17 nitrogen and oxygen atoms in total. The van der Waals surface area contributed by atoms with E-state index in [1.54, 1.807) is 0 Å². The van der Waals surface area contributed by atoms with E-state index in [2.05, 4.69) is 41.5 Å². The lowest BCUT2D eigenvalue weighted by atomic mass is 10.0. The van der Waals surface area contributed by atoms with Crippen LogP contribution in [0.1, 0.15) is 343 Å². The second-order valence-corrected chi connectivity index (χ2v) is 28.4. The Morgan fingerprint density at radius 2 is 0.529 bits per heavy atom. The number of ether oxygens (including phenoxy) is 4. The Morgan fingerprint density at radius 3 is 0.782 bits per heavy atom. The fraction of sp³-hybridized carbons (Fsp3) is 0.941. The second kappa shape index (κ2) is 60.3. The van der Waals surface area contributed by atoms with Crippen LogP contribution in [0.25, 0.3) is 0 Å². The highest BCUT2D eigenvalue weighted by Crippen LogP contribution is 2.45. The van der Waals surface area contributed by atoms with Gasteiger partial charge in [0.15, 0.2) is 12.2 Å². The summed E-state index contributed by atoms with van der Waals surface area (Å²) < 4.78 is 68.2. The maximum atomic E-state index is 13.0. The van der Waals surface area contributed by atoms with Crippen molar-refractivity contribution in [3.05, 3.63) is 0 Å². The molecule has 0 radical (unpaired) electrons. The van der Waals surface area contributed by atoms with E-state index in [1.807, 2.05) is 0 Å². The normalized spacial score (nSPS) is 14.2. The molecule has 0 bridgehead atoms. The van der Waals surface area contributed by atoms with Crippen LogP contribution in [0.15, 0.2) is 0 Å². The highest BCUT2D eigenvalue weighted by atomic mass is 31.2. The average Bonchev–Trinajstić information content (AvgIpc) is 3.68. The predicted molar refractivity (Wildman–Crippen MR) is 349 cm³/mol. The molecule has 0 saturated carbocycles. The summed E-state index contributed by atoms with van der Waals surface area (Å²) in [6.45, 7) is 9.47. The number of carbonyl (C=O) groups is 4. The Hall–Kier alpha value is -1.94. The molecule has 0 aromatic rings. The molecule has 0 heterocycles. The summed E-state index contributed by atoms with van der Waals surface area (Å²) >= 11 is 0. The predicted octanol–water partition coefficient (Wildman–Crippen LogP) is 19.2. The fourth-order valence-corrected chi connectivity index (χ4v) is 11.8. The van der Waals surface area contributed by atoms with Crippen LogP contribution < -0.4 is 0 Å². The van der Waals surface area contributed by atoms with Gasteiger partial charge in [-0.2, -0.15) is 0 Å². The third kappa shape index (κ3) is 62.6. The molecule has 87 heavy (non-hydrogen) atoms. The zero-order valence-corrected chi connectivity index (χ0v) is 58.1. The molecule has 5 atom stereocenters. The standard InChI is InChI=1S/C68H132O17P2/c1-7-9-11-13-15-17-19-23-26-32-38-44-50-65(70)78-56-63(84-68(73)53-47-41-34-28-24-20-22-25-30-36-42-48-60(3)4)58-82-86(74,75)80-54-62(69)55-81-87(76,77)83-59-64(57-79-66(71)51-45-39-35-29-31-37-43-49-61(5)6)85-67(72)52-46-40-33-27-21-18-16-14-12-10-8-2/h60-64,69H,7-59H2,1-6H3,(H,74,75)(H,76,77)/t62-,63-,64-/m1/s1. The van der Waals surface area contributed by atoms with Crippen molar-refractivity contribution in [2.75, 3.05) is 39.6 Å². The van der Waals surface area contributed by atoms with E-state index in [0.717, 1.165) is 102 Å². The van der Waals surface area contributed by atoms with Crippen LogP contribution in [-0.2, 0) is 65.4 Å². The Kier molecular flexibility index (Phi) is 59.0. The minimum absolute atomic E-state index is 0.106. The first-order valence-electron chi connectivity index (χ1n) is 35.5. The summed E-state index contributed by atoms with van der Waals surface area (Å²) in [7, 11) is -9.89. The van der Waals surface area contributed by atoms with Gasteiger partial charge < -0.3 is 33.8 Å². The number of esters is 4. The molecule has 0 aliphatic heterocycles. The zero-order valence-electron chi connectivity index (χ0n) is 56.3. The van der Waals surface area contributed by atoms with Crippen LogP contribution in [0.3, 0.4) is 0 Å². The summed E-state index contributed by atoms with van der Waals surface area (Å²) in [5, 5.41) is 10.6. The van der Waals surface area contributed by atoms with Crippen LogP contribution in [0.4, 0.5) is 0 Å². The SMILES string of the molecule is CCCCCCCCCCCCCCC(=O)OC[C@H](COP(=O)(O)OC[C@@H](O)COP(=O)(O)OC[C@@H](COC(=O)CCCCCCCCCC(C)C)OC(=O)CCCCCCCCCCCCC)OC(=O)CCCCCCCCCCCCCC(C)C. The van der Waals surface area contributed by atoms with E-state index in [-0.39, 0.29) is 25.7 Å². The summed E-state index contributed by atoms with van der Waals surface area (Å²) in [6, 6.07) is 0. The van der Waals surface area contributed by atoms with Gasteiger partial charge in [-0.25, -0.2) is 9.13 Å². The van der Waals surface area contributed by atoms with Gasteiger partial charge in [0, 0.05) is 25.7 Å². The largest absolute Gasteiger partial charge is 0.472 e. The van der Waals surface area contributed by atoms with Crippen molar-refractivity contribution in [2.45, 2.75) is 362 Å². The Labute approximate surface area is 530 Å². The number of rotatable bonds is 67. The first-order chi connectivity index (χ1) is 41.9.